The molecule has 2 aromatic heterocycles. The molecule has 0 fully saturated rings. The van der Waals surface area contributed by atoms with Crippen molar-refractivity contribution in [3.05, 3.63) is 53.9 Å². The molecule has 1 N–H and O–H groups in total. The molecule has 3 rings (SSSR count). The van der Waals surface area contributed by atoms with E-state index in [-0.39, 0.29) is 5.91 Å². The summed E-state index contributed by atoms with van der Waals surface area (Å²) in [6.45, 7) is 3.16. The highest BCUT2D eigenvalue weighted by Crippen LogP contribution is 2.13. The third-order valence-electron chi connectivity index (χ3n) is 3.23. The van der Waals surface area contributed by atoms with Gasteiger partial charge < -0.3 is 5.32 Å². The molecule has 1 aromatic carbocycles. The van der Waals surface area contributed by atoms with Gasteiger partial charge in [0.2, 0.25) is 0 Å². The lowest BCUT2D eigenvalue weighted by molar-refractivity contribution is 0.0950. The van der Waals surface area contributed by atoms with Gasteiger partial charge in [-0.25, -0.2) is 4.68 Å². The number of pyridine rings is 1. The summed E-state index contributed by atoms with van der Waals surface area (Å²) in [6.07, 6.45) is 1.70. The second-order valence-electron chi connectivity index (χ2n) is 4.61. The number of benzene rings is 1. The zero-order valence-electron chi connectivity index (χ0n) is 11.7. The maximum absolute atomic E-state index is 12.1. The molecular weight excluding hydrogens is 266 g/mol. The number of rotatable bonds is 4. The fraction of sp³-hybridized carbons (Fsp3) is 0.200. The Morgan fingerprint density at radius 1 is 1.29 bits per heavy atom. The van der Waals surface area contributed by atoms with Gasteiger partial charge in [0, 0.05) is 18.3 Å². The van der Waals surface area contributed by atoms with Crippen LogP contribution in [0.4, 0.5) is 0 Å². The first kappa shape index (κ1) is 13.2. The summed E-state index contributed by atoms with van der Waals surface area (Å²) in [4.78, 5) is 16.3. The fourth-order valence-corrected chi connectivity index (χ4v) is 2.12. The van der Waals surface area contributed by atoms with Crippen LogP contribution in [0.5, 0.6) is 0 Å². The van der Waals surface area contributed by atoms with Crippen molar-refractivity contribution in [2.24, 2.45) is 0 Å². The first-order valence-corrected chi connectivity index (χ1v) is 6.79. The average molecular weight is 281 g/mol. The molecule has 0 radical (unpaired) electrons. The van der Waals surface area contributed by atoms with Crippen LogP contribution in [-0.4, -0.2) is 25.9 Å². The number of nitrogens with one attached hydrogen (secondary N) is 1. The van der Waals surface area contributed by atoms with Gasteiger partial charge in [-0.2, -0.15) is 0 Å². The van der Waals surface area contributed by atoms with Crippen molar-refractivity contribution in [3.63, 3.8) is 0 Å². The van der Waals surface area contributed by atoms with Gasteiger partial charge in [0.05, 0.1) is 17.8 Å². The van der Waals surface area contributed by atoms with E-state index in [9.17, 15) is 4.79 Å². The summed E-state index contributed by atoms with van der Waals surface area (Å²) in [5.74, 6) is -0.145. The molecular formula is C15H15N5O. The minimum Gasteiger partial charge on any atom is -0.346 e. The molecule has 2 heterocycles. The fourth-order valence-electron chi connectivity index (χ4n) is 2.12. The highest BCUT2D eigenvalue weighted by molar-refractivity contribution is 5.97. The SMILES string of the molecule is CCn1nnc2cc(C(=O)NCc3ccccn3)ccc21. The molecule has 0 unspecified atom stereocenters. The topological polar surface area (TPSA) is 72.7 Å². The van der Waals surface area contributed by atoms with Crippen molar-refractivity contribution in [3.8, 4) is 0 Å². The standard InChI is InChI=1S/C15H15N5O/c1-2-20-14-7-6-11(9-13(14)18-19-20)15(21)17-10-12-5-3-4-8-16-12/h3-9H,2,10H2,1H3,(H,17,21). The van der Waals surface area contributed by atoms with Crippen molar-refractivity contribution >= 4 is 16.9 Å². The van der Waals surface area contributed by atoms with Gasteiger partial charge in [0.15, 0.2) is 0 Å². The van der Waals surface area contributed by atoms with Crippen molar-refractivity contribution in [2.75, 3.05) is 0 Å². The smallest absolute Gasteiger partial charge is 0.251 e. The number of carbonyl (C=O) groups is 1. The van der Waals surface area contributed by atoms with Crippen LogP contribution >= 0.6 is 0 Å². The second kappa shape index (κ2) is 5.70. The highest BCUT2D eigenvalue weighted by atomic mass is 16.1. The van der Waals surface area contributed by atoms with Crippen LogP contribution in [0.2, 0.25) is 0 Å². The van der Waals surface area contributed by atoms with Gasteiger partial charge in [-0.1, -0.05) is 11.3 Å². The Morgan fingerprint density at radius 3 is 2.95 bits per heavy atom. The van der Waals surface area contributed by atoms with Gasteiger partial charge in [-0.05, 0) is 37.3 Å². The Labute approximate surface area is 121 Å². The molecule has 0 saturated heterocycles. The van der Waals surface area contributed by atoms with E-state index in [0.717, 1.165) is 23.3 Å². The Bertz CT molecular complexity index is 766. The first-order valence-electron chi connectivity index (χ1n) is 6.79. The number of amides is 1. The Hall–Kier alpha value is -2.76. The van der Waals surface area contributed by atoms with E-state index in [2.05, 4.69) is 20.6 Å². The number of hydrogen-bond acceptors (Lipinski definition) is 4. The molecule has 1 amide bonds. The summed E-state index contributed by atoms with van der Waals surface area (Å²) >= 11 is 0. The summed E-state index contributed by atoms with van der Waals surface area (Å²) in [5, 5.41) is 10.9. The van der Waals surface area contributed by atoms with E-state index in [1.54, 1.807) is 23.0 Å². The Morgan fingerprint density at radius 2 is 2.19 bits per heavy atom. The zero-order valence-corrected chi connectivity index (χ0v) is 11.7. The quantitative estimate of drug-likeness (QED) is 0.791. The molecule has 0 aliphatic rings. The normalized spacial score (nSPS) is 10.7. The number of fused-ring (bicyclic) bond motifs is 1. The highest BCUT2D eigenvalue weighted by Gasteiger charge is 2.09. The van der Waals surface area contributed by atoms with Crippen LogP contribution in [0, 0.1) is 0 Å². The number of hydrogen-bond donors (Lipinski definition) is 1. The van der Waals surface area contributed by atoms with Crippen LogP contribution in [-0.2, 0) is 13.1 Å². The number of aryl methyl sites for hydroxylation is 1. The van der Waals surface area contributed by atoms with Gasteiger partial charge >= 0.3 is 0 Å². The van der Waals surface area contributed by atoms with Crippen LogP contribution in [0.3, 0.4) is 0 Å². The van der Waals surface area contributed by atoms with Crippen molar-refractivity contribution < 1.29 is 4.79 Å². The molecule has 0 saturated carbocycles. The van der Waals surface area contributed by atoms with Crippen LogP contribution in [0.25, 0.3) is 11.0 Å². The van der Waals surface area contributed by atoms with E-state index in [1.165, 1.54) is 0 Å². The molecule has 106 valence electrons. The number of nitrogens with zero attached hydrogens (tertiary/aromatic N) is 4. The second-order valence-corrected chi connectivity index (χ2v) is 4.61. The molecule has 0 spiro atoms. The lowest BCUT2D eigenvalue weighted by Crippen LogP contribution is -2.23. The van der Waals surface area contributed by atoms with E-state index >= 15 is 0 Å². The Balaban J connectivity index is 1.75. The van der Waals surface area contributed by atoms with Gasteiger partial charge in [0.1, 0.15) is 5.52 Å². The maximum atomic E-state index is 12.1. The summed E-state index contributed by atoms with van der Waals surface area (Å²) in [6, 6.07) is 11.0. The van der Waals surface area contributed by atoms with E-state index < -0.39 is 0 Å². The summed E-state index contributed by atoms with van der Waals surface area (Å²) < 4.78 is 1.80. The molecule has 0 atom stereocenters. The average Bonchev–Trinajstić information content (AvgIpc) is 2.95. The van der Waals surface area contributed by atoms with E-state index in [4.69, 9.17) is 0 Å². The van der Waals surface area contributed by atoms with Gasteiger partial charge in [-0.15, -0.1) is 5.10 Å². The molecule has 21 heavy (non-hydrogen) atoms. The number of carbonyl (C=O) groups excluding carboxylic acids is 1. The molecule has 0 aliphatic heterocycles. The van der Waals surface area contributed by atoms with Crippen molar-refractivity contribution in [1.29, 1.82) is 0 Å². The zero-order chi connectivity index (χ0) is 14.7. The minimum absolute atomic E-state index is 0.145. The molecule has 0 aliphatic carbocycles. The third-order valence-corrected chi connectivity index (χ3v) is 3.23. The lowest BCUT2D eigenvalue weighted by Gasteiger charge is -2.05. The van der Waals surface area contributed by atoms with Gasteiger partial charge in [-0.3, -0.25) is 9.78 Å². The minimum atomic E-state index is -0.145. The predicted molar refractivity (Wildman–Crippen MR) is 78.6 cm³/mol. The Kier molecular flexibility index (Phi) is 3.59. The van der Waals surface area contributed by atoms with E-state index in [1.807, 2.05) is 31.2 Å². The molecule has 6 heteroatoms. The first-order chi connectivity index (χ1) is 10.3. The largest absolute Gasteiger partial charge is 0.346 e. The molecule has 6 nitrogen and oxygen atoms in total. The van der Waals surface area contributed by atoms with Crippen LogP contribution in [0.15, 0.2) is 42.6 Å². The molecule has 3 aromatic rings. The summed E-state index contributed by atoms with van der Waals surface area (Å²) in [7, 11) is 0. The van der Waals surface area contributed by atoms with Crippen molar-refractivity contribution in [1.82, 2.24) is 25.3 Å². The van der Waals surface area contributed by atoms with Gasteiger partial charge in [0.25, 0.3) is 5.91 Å². The predicted octanol–water partition coefficient (Wildman–Crippen LogP) is 1.78. The summed E-state index contributed by atoms with van der Waals surface area (Å²) in [5.41, 5.74) is 3.05. The third kappa shape index (κ3) is 2.74. The van der Waals surface area contributed by atoms with E-state index in [0.29, 0.717) is 12.1 Å². The molecule has 0 bridgehead atoms. The maximum Gasteiger partial charge on any atom is 0.251 e. The van der Waals surface area contributed by atoms with Crippen LogP contribution < -0.4 is 5.32 Å². The number of aromatic nitrogens is 4. The lowest BCUT2D eigenvalue weighted by atomic mass is 10.2. The van der Waals surface area contributed by atoms with Crippen molar-refractivity contribution in [2.45, 2.75) is 20.0 Å². The monoisotopic (exact) mass is 281 g/mol. The van der Waals surface area contributed by atoms with Crippen LogP contribution in [0.1, 0.15) is 23.0 Å².